The highest BCUT2D eigenvalue weighted by Crippen LogP contribution is 2.38. The third-order valence-electron chi connectivity index (χ3n) is 7.13. The molecule has 0 saturated carbocycles. The van der Waals surface area contributed by atoms with Gasteiger partial charge >= 0.3 is 0 Å². The van der Waals surface area contributed by atoms with Crippen molar-refractivity contribution < 1.29 is 14.6 Å². The Bertz CT molecular complexity index is 717. The van der Waals surface area contributed by atoms with Crippen LogP contribution in [0.3, 0.4) is 0 Å². The first-order chi connectivity index (χ1) is 17.0. The van der Waals surface area contributed by atoms with Crippen LogP contribution >= 0.6 is 0 Å². The summed E-state index contributed by atoms with van der Waals surface area (Å²) in [5.74, 6) is 0. The molecule has 2 N–H and O–H groups in total. The van der Waals surface area contributed by atoms with Crippen LogP contribution in [0.2, 0.25) is 5.04 Å². The van der Waals surface area contributed by atoms with E-state index in [2.05, 4.69) is 81.4 Å². The van der Waals surface area contributed by atoms with E-state index >= 15 is 0 Å². The molecule has 0 fully saturated rings. The van der Waals surface area contributed by atoms with Crippen LogP contribution in [0.4, 0.5) is 0 Å². The summed E-state index contributed by atoms with van der Waals surface area (Å²) >= 11 is 0. The standard InChI is InChI=1S/C31H50O3Si/c1-31(2,3)35(29-22-14-10-15-23-29,30-24-16-11-17-25-30)34-28(20-12-6-4-8-18-26-32)21-13-7-5-9-19-27-33/h10-11,14-17,22-25,28,32-33H,4-9,12-13,18-21,26-27H2,1-3H3. The van der Waals surface area contributed by atoms with Crippen molar-refractivity contribution in [1.29, 1.82) is 0 Å². The van der Waals surface area contributed by atoms with E-state index in [4.69, 9.17) is 14.6 Å². The van der Waals surface area contributed by atoms with Gasteiger partial charge < -0.3 is 14.6 Å². The van der Waals surface area contributed by atoms with E-state index in [0.717, 1.165) is 38.5 Å². The van der Waals surface area contributed by atoms with Crippen molar-refractivity contribution in [3.05, 3.63) is 60.7 Å². The molecular formula is C31H50O3Si. The fourth-order valence-corrected chi connectivity index (χ4v) is 9.98. The van der Waals surface area contributed by atoms with Crippen LogP contribution in [0.1, 0.15) is 97.8 Å². The monoisotopic (exact) mass is 498 g/mol. The maximum Gasteiger partial charge on any atom is 0.261 e. The molecule has 0 unspecified atom stereocenters. The van der Waals surface area contributed by atoms with E-state index in [1.807, 2.05) is 0 Å². The van der Waals surface area contributed by atoms with Gasteiger partial charge in [0, 0.05) is 19.3 Å². The molecule has 35 heavy (non-hydrogen) atoms. The normalized spacial score (nSPS) is 12.4. The zero-order valence-electron chi connectivity index (χ0n) is 22.6. The molecule has 2 aromatic carbocycles. The lowest BCUT2D eigenvalue weighted by Crippen LogP contribution is -2.67. The third kappa shape index (κ3) is 9.49. The molecule has 3 nitrogen and oxygen atoms in total. The minimum Gasteiger partial charge on any atom is -0.404 e. The average Bonchev–Trinajstić information content (AvgIpc) is 2.86. The van der Waals surface area contributed by atoms with Crippen LogP contribution in [0.5, 0.6) is 0 Å². The van der Waals surface area contributed by atoms with Crippen molar-refractivity contribution in [2.24, 2.45) is 0 Å². The first-order valence-electron chi connectivity index (χ1n) is 14.0. The second kappa shape index (κ2) is 16.3. The van der Waals surface area contributed by atoms with E-state index in [9.17, 15) is 0 Å². The molecular weight excluding hydrogens is 448 g/mol. The van der Waals surface area contributed by atoms with Gasteiger partial charge in [0.2, 0.25) is 0 Å². The highest BCUT2D eigenvalue weighted by molar-refractivity contribution is 6.99. The fourth-order valence-electron chi connectivity index (χ4n) is 5.23. The van der Waals surface area contributed by atoms with Crippen molar-refractivity contribution in [3.8, 4) is 0 Å². The lowest BCUT2D eigenvalue weighted by atomic mass is 10.0. The number of benzene rings is 2. The van der Waals surface area contributed by atoms with Crippen LogP contribution in [0, 0.1) is 0 Å². The van der Waals surface area contributed by atoms with Crippen molar-refractivity contribution >= 4 is 18.7 Å². The zero-order valence-corrected chi connectivity index (χ0v) is 23.6. The van der Waals surface area contributed by atoms with Gasteiger partial charge in [-0.05, 0) is 41.1 Å². The summed E-state index contributed by atoms with van der Waals surface area (Å²) in [6.45, 7) is 7.69. The number of aliphatic hydroxyl groups is 2. The summed E-state index contributed by atoms with van der Waals surface area (Å²) < 4.78 is 7.49. The van der Waals surface area contributed by atoms with Gasteiger partial charge in [-0.2, -0.15) is 0 Å². The summed E-state index contributed by atoms with van der Waals surface area (Å²) in [6, 6.07) is 22.0. The van der Waals surface area contributed by atoms with Crippen LogP contribution < -0.4 is 10.4 Å². The molecule has 0 amide bonds. The molecule has 2 aromatic rings. The molecule has 0 saturated heterocycles. The summed E-state index contributed by atoms with van der Waals surface area (Å²) in [5, 5.41) is 20.9. The predicted octanol–water partition coefficient (Wildman–Crippen LogP) is 6.60. The molecule has 0 atom stereocenters. The maximum atomic E-state index is 9.08. The molecule has 2 rings (SSSR count). The number of rotatable bonds is 18. The van der Waals surface area contributed by atoms with Gasteiger partial charge in [-0.3, -0.25) is 0 Å². The molecule has 0 aliphatic heterocycles. The van der Waals surface area contributed by atoms with Crippen LogP contribution in [0.15, 0.2) is 60.7 Å². The zero-order chi connectivity index (χ0) is 25.4. The Labute approximate surface area is 216 Å². The molecule has 0 heterocycles. The molecule has 196 valence electrons. The number of unbranched alkanes of at least 4 members (excludes halogenated alkanes) is 8. The maximum absolute atomic E-state index is 9.08. The summed E-state index contributed by atoms with van der Waals surface area (Å²) in [5.41, 5.74) is 0. The summed E-state index contributed by atoms with van der Waals surface area (Å²) in [4.78, 5) is 0. The number of hydrogen-bond donors (Lipinski definition) is 2. The molecule has 4 heteroatoms. The Kier molecular flexibility index (Phi) is 13.9. The molecule has 0 aliphatic rings. The van der Waals surface area contributed by atoms with E-state index in [0.29, 0.717) is 13.2 Å². The van der Waals surface area contributed by atoms with E-state index in [-0.39, 0.29) is 11.1 Å². The molecule has 0 radical (unpaired) electrons. The molecule has 0 aliphatic carbocycles. The van der Waals surface area contributed by atoms with Crippen LogP contribution in [-0.2, 0) is 4.43 Å². The Morgan fingerprint density at radius 2 is 0.971 bits per heavy atom. The topological polar surface area (TPSA) is 49.7 Å². The van der Waals surface area contributed by atoms with E-state index in [1.54, 1.807) is 0 Å². The smallest absolute Gasteiger partial charge is 0.261 e. The third-order valence-corrected chi connectivity index (χ3v) is 12.2. The second-order valence-electron chi connectivity index (χ2n) is 11.0. The molecule has 0 bridgehead atoms. The SMILES string of the molecule is CC(C)(C)[Si](OC(CCCCCCCO)CCCCCCCO)(c1ccccc1)c1ccccc1. The molecule has 0 aromatic heterocycles. The first-order valence-corrected chi connectivity index (χ1v) is 15.9. The summed E-state index contributed by atoms with van der Waals surface area (Å²) in [6.07, 6.45) is 13.6. The Balaban J connectivity index is 2.27. The summed E-state index contributed by atoms with van der Waals surface area (Å²) in [7, 11) is -2.54. The lowest BCUT2D eigenvalue weighted by Gasteiger charge is -2.45. The van der Waals surface area contributed by atoms with Gasteiger partial charge in [0.15, 0.2) is 0 Å². The first kappa shape index (κ1) is 29.8. The Hall–Kier alpha value is -1.46. The van der Waals surface area contributed by atoms with Gasteiger partial charge in [-0.25, -0.2) is 0 Å². The lowest BCUT2D eigenvalue weighted by molar-refractivity contribution is 0.159. The minimum absolute atomic E-state index is 0.00376. The molecule has 0 spiro atoms. The van der Waals surface area contributed by atoms with Gasteiger partial charge in [0.05, 0.1) is 0 Å². The van der Waals surface area contributed by atoms with Gasteiger partial charge in [-0.1, -0.05) is 133 Å². The predicted molar refractivity (Wildman–Crippen MR) is 152 cm³/mol. The largest absolute Gasteiger partial charge is 0.404 e. The number of aliphatic hydroxyl groups excluding tert-OH is 2. The van der Waals surface area contributed by atoms with E-state index in [1.165, 1.54) is 48.9 Å². The number of hydrogen-bond acceptors (Lipinski definition) is 3. The van der Waals surface area contributed by atoms with Gasteiger partial charge in [0.25, 0.3) is 8.32 Å². The van der Waals surface area contributed by atoms with Gasteiger partial charge in [0.1, 0.15) is 0 Å². The second-order valence-corrected chi connectivity index (χ2v) is 15.2. The van der Waals surface area contributed by atoms with E-state index < -0.39 is 8.32 Å². The van der Waals surface area contributed by atoms with Gasteiger partial charge in [-0.15, -0.1) is 0 Å². The quantitative estimate of drug-likeness (QED) is 0.180. The van der Waals surface area contributed by atoms with Crippen molar-refractivity contribution in [2.45, 2.75) is 109 Å². The van der Waals surface area contributed by atoms with Crippen LogP contribution in [0.25, 0.3) is 0 Å². The average molecular weight is 499 g/mol. The minimum atomic E-state index is -2.54. The van der Waals surface area contributed by atoms with Crippen molar-refractivity contribution in [3.63, 3.8) is 0 Å². The highest BCUT2D eigenvalue weighted by atomic mass is 28.4. The Morgan fingerprint density at radius 1 is 0.600 bits per heavy atom. The highest BCUT2D eigenvalue weighted by Gasteiger charge is 2.51. The Morgan fingerprint density at radius 3 is 1.34 bits per heavy atom. The van der Waals surface area contributed by atoms with Crippen LogP contribution in [-0.4, -0.2) is 37.8 Å². The fraction of sp³-hybridized carbons (Fsp3) is 0.613. The van der Waals surface area contributed by atoms with Crippen molar-refractivity contribution in [1.82, 2.24) is 0 Å². The van der Waals surface area contributed by atoms with Crippen molar-refractivity contribution in [2.75, 3.05) is 13.2 Å².